The van der Waals surface area contributed by atoms with Crippen LogP contribution in [0, 0.1) is 0 Å². The summed E-state index contributed by atoms with van der Waals surface area (Å²) in [7, 11) is 0. The Morgan fingerprint density at radius 1 is 1.22 bits per heavy atom. The highest BCUT2D eigenvalue weighted by Gasteiger charge is 2.12. The molecule has 0 bridgehead atoms. The van der Waals surface area contributed by atoms with Crippen molar-refractivity contribution in [2.75, 3.05) is 0 Å². The van der Waals surface area contributed by atoms with Crippen LogP contribution in [0.25, 0.3) is 10.8 Å². The first kappa shape index (κ1) is 12.3. The molecule has 0 aliphatic rings. The van der Waals surface area contributed by atoms with Crippen LogP contribution in [0.3, 0.4) is 0 Å². The Bertz CT molecular complexity index is 572. The summed E-state index contributed by atoms with van der Waals surface area (Å²) in [4.78, 5) is 21.8. The lowest BCUT2D eigenvalue weighted by Gasteiger charge is -2.12. The van der Waals surface area contributed by atoms with Gasteiger partial charge in [0, 0.05) is 13.3 Å². The topological polar surface area (TPSA) is 46.2 Å². The van der Waals surface area contributed by atoms with Crippen molar-refractivity contribution in [3.63, 3.8) is 0 Å². The highest BCUT2D eigenvalue weighted by atomic mass is 16.2. The van der Waals surface area contributed by atoms with Gasteiger partial charge >= 0.3 is 0 Å². The molecule has 2 rings (SSSR count). The van der Waals surface area contributed by atoms with Gasteiger partial charge in [0.15, 0.2) is 0 Å². The van der Waals surface area contributed by atoms with Crippen LogP contribution in [0.15, 0.2) is 42.5 Å². The second-order valence-corrected chi connectivity index (χ2v) is 4.21. The molecule has 0 heterocycles. The largest absolute Gasteiger partial charge is 0.346 e. The van der Waals surface area contributed by atoms with Crippen molar-refractivity contribution < 1.29 is 9.59 Å². The zero-order valence-corrected chi connectivity index (χ0v) is 10.1. The molecule has 1 atom stereocenters. The van der Waals surface area contributed by atoms with Gasteiger partial charge in [0.25, 0.3) is 0 Å². The van der Waals surface area contributed by atoms with Gasteiger partial charge in [-0.15, -0.1) is 0 Å². The highest BCUT2D eigenvalue weighted by Crippen LogP contribution is 2.19. The monoisotopic (exact) mass is 240 g/mol. The summed E-state index contributed by atoms with van der Waals surface area (Å²) in [5, 5.41) is 4.81. The summed E-state index contributed by atoms with van der Waals surface area (Å²) < 4.78 is 0. The summed E-state index contributed by atoms with van der Waals surface area (Å²) in [6, 6.07) is 13.3. The van der Waals surface area contributed by atoms with Gasteiger partial charge in [-0.25, -0.2) is 0 Å². The standard InChI is InChI=1S/C15H14NO2/c1-11(18)16-14(10-17)9-13-7-4-6-12-5-2-3-8-15(12)13/h2-8,14H,9H2,1H3,(H,16,18). The van der Waals surface area contributed by atoms with E-state index < -0.39 is 6.04 Å². The van der Waals surface area contributed by atoms with E-state index in [2.05, 4.69) is 5.32 Å². The molecular weight excluding hydrogens is 226 g/mol. The molecule has 1 unspecified atom stereocenters. The van der Waals surface area contributed by atoms with Gasteiger partial charge in [-0.3, -0.25) is 9.59 Å². The number of carbonyl (C=O) groups is 1. The molecule has 2 aromatic rings. The fourth-order valence-corrected chi connectivity index (χ4v) is 2.06. The maximum absolute atomic E-state index is 11.0. The van der Waals surface area contributed by atoms with Crippen LogP contribution in [0.1, 0.15) is 12.5 Å². The van der Waals surface area contributed by atoms with Crippen molar-refractivity contribution in [2.24, 2.45) is 0 Å². The Labute approximate surface area is 106 Å². The summed E-state index contributed by atoms with van der Waals surface area (Å²) in [6.07, 6.45) is 2.33. The number of amides is 1. The van der Waals surface area contributed by atoms with Gasteiger partial charge < -0.3 is 5.32 Å². The number of carbonyl (C=O) groups excluding carboxylic acids is 2. The highest BCUT2D eigenvalue weighted by molar-refractivity contribution is 5.86. The van der Waals surface area contributed by atoms with Gasteiger partial charge in [0.05, 0.1) is 6.04 Å². The molecule has 1 amide bonds. The fraction of sp³-hybridized carbons (Fsp3) is 0.200. The van der Waals surface area contributed by atoms with E-state index in [1.807, 2.05) is 48.8 Å². The molecule has 0 aliphatic carbocycles. The molecule has 0 aromatic heterocycles. The first-order valence-corrected chi connectivity index (χ1v) is 5.82. The molecule has 2 aromatic carbocycles. The van der Waals surface area contributed by atoms with Crippen molar-refractivity contribution in [3.05, 3.63) is 48.0 Å². The van der Waals surface area contributed by atoms with Gasteiger partial charge in [0.2, 0.25) is 12.2 Å². The Kier molecular flexibility index (Phi) is 3.72. The maximum atomic E-state index is 11.0. The minimum absolute atomic E-state index is 0.219. The molecule has 3 heteroatoms. The number of rotatable bonds is 4. The van der Waals surface area contributed by atoms with E-state index >= 15 is 0 Å². The lowest BCUT2D eigenvalue weighted by molar-refractivity contribution is -0.119. The SMILES string of the molecule is CC(=O)NC([C]=O)Cc1cccc2ccccc12. The molecule has 3 nitrogen and oxygen atoms in total. The number of hydrogen-bond donors (Lipinski definition) is 1. The van der Waals surface area contributed by atoms with Crippen molar-refractivity contribution in [1.29, 1.82) is 0 Å². The van der Waals surface area contributed by atoms with E-state index in [9.17, 15) is 9.59 Å². The third kappa shape index (κ3) is 2.74. The third-order valence-electron chi connectivity index (χ3n) is 2.82. The molecule has 0 spiro atoms. The Hall–Kier alpha value is -2.16. The minimum Gasteiger partial charge on any atom is -0.346 e. The lowest BCUT2D eigenvalue weighted by Crippen LogP contribution is -2.35. The molecule has 18 heavy (non-hydrogen) atoms. The number of hydrogen-bond acceptors (Lipinski definition) is 2. The number of nitrogens with one attached hydrogen (secondary N) is 1. The van der Waals surface area contributed by atoms with Crippen LogP contribution >= 0.6 is 0 Å². The summed E-state index contributed by atoms with van der Waals surface area (Å²) in [5.41, 5.74) is 1.04. The summed E-state index contributed by atoms with van der Waals surface area (Å²) in [5.74, 6) is -0.219. The Balaban J connectivity index is 2.30. The van der Waals surface area contributed by atoms with E-state index in [1.54, 1.807) is 0 Å². The van der Waals surface area contributed by atoms with E-state index in [1.165, 1.54) is 6.92 Å². The normalized spacial score (nSPS) is 12.1. The fourth-order valence-electron chi connectivity index (χ4n) is 2.06. The van der Waals surface area contributed by atoms with Crippen molar-refractivity contribution in [3.8, 4) is 0 Å². The number of fused-ring (bicyclic) bond motifs is 1. The molecular formula is C15H14NO2. The average molecular weight is 240 g/mol. The second-order valence-electron chi connectivity index (χ2n) is 4.21. The zero-order chi connectivity index (χ0) is 13.0. The van der Waals surface area contributed by atoms with Crippen LogP contribution in [-0.4, -0.2) is 18.2 Å². The summed E-state index contributed by atoms with van der Waals surface area (Å²) in [6.45, 7) is 1.40. The van der Waals surface area contributed by atoms with Crippen LogP contribution in [0.4, 0.5) is 0 Å². The predicted molar refractivity (Wildman–Crippen MR) is 71.0 cm³/mol. The van der Waals surface area contributed by atoms with Gasteiger partial charge in [-0.2, -0.15) is 0 Å². The van der Waals surface area contributed by atoms with E-state index in [0.717, 1.165) is 16.3 Å². The van der Waals surface area contributed by atoms with Crippen molar-refractivity contribution in [1.82, 2.24) is 5.32 Å². The number of benzene rings is 2. The minimum atomic E-state index is -0.590. The maximum Gasteiger partial charge on any atom is 0.223 e. The summed E-state index contributed by atoms with van der Waals surface area (Å²) >= 11 is 0. The molecule has 91 valence electrons. The van der Waals surface area contributed by atoms with Crippen LogP contribution in [0.5, 0.6) is 0 Å². The van der Waals surface area contributed by atoms with Crippen molar-refractivity contribution in [2.45, 2.75) is 19.4 Å². The Morgan fingerprint density at radius 3 is 2.67 bits per heavy atom. The third-order valence-corrected chi connectivity index (χ3v) is 2.82. The van der Waals surface area contributed by atoms with Gasteiger partial charge in [-0.05, 0) is 16.3 Å². The predicted octanol–water partition coefficient (Wildman–Crippen LogP) is 2.00. The molecule has 0 saturated carbocycles. The molecule has 1 radical (unpaired) electrons. The van der Waals surface area contributed by atoms with E-state index in [-0.39, 0.29) is 5.91 Å². The first-order valence-electron chi connectivity index (χ1n) is 5.82. The smallest absolute Gasteiger partial charge is 0.223 e. The molecule has 0 fully saturated rings. The zero-order valence-electron chi connectivity index (χ0n) is 10.1. The van der Waals surface area contributed by atoms with Crippen LogP contribution in [0.2, 0.25) is 0 Å². The molecule has 1 N–H and O–H groups in total. The first-order chi connectivity index (χ1) is 8.70. The van der Waals surface area contributed by atoms with Crippen molar-refractivity contribution >= 4 is 23.0 Å². The average Bonchev–Trinajstić information content (AvgIpc) is 2.38. The Morgan fingerprint density at radius 2 is 1.94 bits per heavy atom. The quantitative estimate of drug-likeness (QED) is 0.888. The second kappa shape index (κ2) is 5.45. The van der Waals surface area contributed by atoms with Crippen LogP contribution in [-0.2, 0) is 16.0 Å². The van der Waals surface area contributed by atoms with Gasteiger partial charge in [-0.1, -0.05) is 42.5 Å². The van der Waals surface area contributed by atoms with Crippen LogP contribution < -0.4 is 5.32 Å². The lowest BCUT2D eigenvalue weighted by atomic mass is 9.99. The molecule has 0 saturated heterocycles. The van der Waals surface area contributed by atoms with Gasteiger partial charge in [0.1, 0.15) is 0 Å². The molecule has 0 aliphatic heterocycles. The van der Waals surface area contributed by atoms with E-state index in [0.29, 0.717) is 6.42 Å². The van der Waals surface area contributed by atoms with E-state index in [4.69, 9.17) is 0 Å².